The van der Waals surface area contributed by atoms with Crippen molar-refractivity contribution in [1.82, 2.24) is 0 Å². The minimum absolute atomic E-state index is 0.0495. The number of nitrogens with zero attached hydrogens (tertiary/aromatic N) is 1. The van der Waals surface area contributed by atoms with E-state index < -0.39 is 11.9 Å². The molecule has 0 saturated carbocycles. The van der Waals surface area contributed by atoms with Crippen LogP contribution < -0.4 is 10.2 Å². The Morgan fingerprint density at radius 1 is 1.15 bits per heavy atom. The highest BCUT2D eigenvalue weighted by Gasteiger charge is 2.22. The molecule has 27 heavy (non-hydrogen) atoms. The van der Waals surface area contributed by atoms with Crippen LogP contribution in [0.3, 0.4) is 0 Å². The van der Waals surface area contributed by atoms with Gasteiger partial charge in [-0.25, -0.2) is 4.79 Å². The number of ether oxygens (including phenoxy) is 1. The van der Waals surface area contributed by atoms with Gasteiger partial charge in [-0.05, 0) is 55.7 Å². The first kappa shape index (κ1) is 18.6. The molecule has 6 heteroatoms. The number of hydrogen-bond acceptors (Lipinski definition) is 4. The highest BCUT2D eigenvalue weighted by atomic mass is 16.5. The number of benzene rings is 2. The molecule has 3 rings (SSSR count). The smallest absolute Gasteiger partial charge is 0.338 e. The Kier molecular flexibility index (Phi) is 5.54. The van der Waals surface area contributed by atoms with Crippen LogP contribution in [0.1, 0.15) is 34.3 Å². The van der Waals surface area contributed by atoms with Gasteiger partial charge in [-0.2, -0.15) is 0 Å². The molecule has 0 aliphatic carbocycles. The normalized spacial score (nSPS) is 13.6. The first-order valence-corrected chi connectivity index (χ1v) is 8.89. The summed E-state index contributed by atoms with van der Waals surface area (Å²) >= 11 is 0. The Morgan fingerprint density at radius 2 is 1.96 bits per heavy atom. The van der Waals surface area contributed by atoms with Crippen molar-refractivity contribution < 1.29 is 19.1 Å². The number of hydrogen-bond donors (Lipinski definition) is 1. The van der Waals surface area contributed by atoms with E-state index in [9.17, 15) is 14.4 Å². The fourth-order valence-electron chi connectivity index (χ4n) is 2.99. The molecule has 1 aliphatic rings. The summed E-state index contributed by atoms with van der Waals surface area (Å²) in [4.78, 5) is 37.9. The van der Waals surface area contributed by atoms with E-state index in [4.69, 9.17) is 4.74 Å². The van der Waals surface area contributed by atoms with Gasteiger partial charge in [0, 0.05) is 24.3 Å². The second-order valence-electron chi connectivity index (χ2n) is 6.64. The minimum Gasteiger partial charge on any atom is -0.452 e. The largest absolute Gasteiger partial charge is 0.452 e. The molecule has 140 valence electrons. The van der Waals surface area contributed by atoms with Gasteiger partial charge in [0.25, 0.3) is 5.91 Å². The summed E-state index contributed by atoms with van der Waals surface area (Å²) in [5.41, 5.74) is 3.65. The number of nitrogens with one attached hydrogen (secondary N) is 1. The van der Waals surface area contributed by atoms with Gasteiger partial charge in [0.15, 0.2) is 6.61 Å². The average molecular weight is 366 g/mol. The second-order valence-corrected chi connectivity index (χ2v) is 6.64. The monoisotopic (exact) mass is 366 g/mol. The third-order valence-electron chi connectivity index (χ3n) is 4.47. The van der Waals surface area contributed by atoms with Crippen LogP contribution in [0.15, 0.2) is 42.5 Å². The van der Waals surface area contributed by atoms with Crippen molar-refractivity contribution in [3.63, 3.8) is 0 Å². The number of esters is 1. The molecule has 2 aromatic rings. The van der Waals surface area contributed by atoms with Crippen LogP contribution in [0.5, 0.6) is 0 Å². The van der Waals surface area contributed by atoms with Crippen LogP contribution in [0.4, 0.5) is 11.4 Å². The Bertz CT molecular complexity index is 892. The highest BCUT2D eigenvalue weighted by molar-refractivity contribution is 5.98. The molecule has 2 aromatic carbocycles. The predicted octanol–water partition coefficient (Wildman–Crippen LogP) is 3.23. The number of amides is 2. The summed E-state index contributed by atoms with van der Waals surface area (Å²) in [6.07, 6.45) is 1.33. The maximum atomic E-state index is 12.3. The van der Waals surface area contributed by atoms with Crippen LogP contribution in [0.2, 0.25) is 0 Å². The van der Waals surface area contributed by atoms with Gasteiger partial charge in [0.1, 0.15) is 0 Å². The van der Waals surface area contributed by atoms with E-state index in [0.29, 0.717) is 29.9 Å². The van der Waals surface area contributed by atoms with E-state index in [2.05, 4.69) is 5.32 Å². The summed E-state index contributed by atoms with van der Waals surface area (Å²) in [7, 11) is 0. The van der Waals surface area contributed by atoms with Gasteiger partial charge in [-0.1, -0.05) is 18.2 Å². The predicted molar refractivity (Wildman–Crippen MR) is 103 cm³/mol. The molecular formula is C21H22N2O4. The summed E-state index contributed by atoms with van der Waals surface area (Å²) in [5.74, 6) is -0.948. The van der Waals surface area contributed by atoms with Crippen molar-refractivity contribution in [3.05, 3.63) is 59.2 Å². The molecule has 0 atom stereocenters. The van der Waals surface area contributed by atoms with Gasteiger partial charge in [-0.3, -0.25) is 9.59 Å². The lowest BCUT2D eigenvalue weighted by atomic mass is 10.1. The van der Waals surface area contributed by atoms with Crippen LogP contribution in [0.25, 0.3) is 0 Å². The fraction of sp³-hybridized carbons (Fsp3) is 0.286. The summed E-state index contributed by atoms with van der Waals surface area (Å²) < 4.78 is 5.12. The molecule has 1 N–H and O–H groups in total. The molecule has 1 heterocycles. The quantitative estimate of drug-likeness (QED) is 0.825. The third kappa shape index (κ3) is 4.53. The van der Waals surface area contributed by atoms with E-state index >= 15 is 0 Å². The maximum Gasteiger partial charge on any atom is 0.338 e. The van der Waals surface area contributed by atoms with Crippen molar-refractivity contribution in [3.8, 4) is 0 Å². The zero-order chi connectivity index (χ0) is 19.4. The zero-order valence-electron chi connectivity index (χ0n) is 15.5. The molecule has 1 aliphatic heterocycles. The fourth-order valence-corrected chi connectivity index (χ4v) is 2.99. The molecule has 6 nitrogen and oxygen atoms in total. The maximum absolute atomic E-state index is 12.3. The number of aryl methyl sites for hydroxylation is 2. The topological polar surface area (TPSA) is 75.7 Å². The molecule has 1 saturated heterocycles. The van der Waals surface area contributed by atoms with Crippen LogP contribution >= 0.6 is 0 Å². The van der Waals surface area contributed by atoms with E-state index in [1.807, 2.05) is 32.0 Å². The lowest BCUT2D eigenvalue weighted by Crippen LogP contribution is -2.24. The third-order valence-corrected chi connectivity index (χ3v) is 4.47. The first-order chi connectivity index (χ1) is 12.9. The lowest BCUT2D eigenvalue weighted by Gasteiger charge is -2.16. The van der Waals surface area contributed by atoms with Gasteiger partial charge >= 0.3 is 5.97 Å². The van der Waals surface area contributed by atoms with Crippen molar-refractivity contribution in [2.45, 2.75) is 26.7 Å². The Balaban J connectivity index is 1.60. The average Bonchev–Trinajstić information content (AvgIpc) is 3.09. The van der Waals surface area contributed by atoms with Crippen molar-refractivity contribution in [2.24, 2.45) is 0 Å². The van der Waals surface area contributed by atoms with Crippen molar-refractivity contribution in [1.29, 1.82) is 0 Å². The van der Waals surface area contributed by atoms with E-state index in [0.717, 1.165) is 17.5 Å². The Morgan fingerprint density at radius 3 is 2.70 bits per heavy atom. The molecule has 0 radical (unpaired) electrons. The van der Waals surface area contributed by atoms with Gasteiger partial charge in [0.05, 0.1) is 5.56 Å². The Hall–Kier alpha value is -3.15. The second kappa shape index (κ2) is 8.03. The molecule has 0 aromatic heterocycles. The number of carbonyl (C=O) groups is 3. The molecular weight excluding hydrogens is 344 g/mol. The number of carbonyl (C=O) groups excluding carboxylic acids is 3. The molecule has 0 bridgehead atoms. The molecule has 1 fully saturated rings. The molecule has 0 spiro atoms. The van der Waals surface area contributed by atoms with Gasteiger partial charge in [0.2, 0.25) is 5.91 Å². The number of rotatable bonds is 5. The SMILES string of the molecule is Cc1ccc(C)c(NC(=O)COC(=O)c2cccc(N3CCCC3=O)c2)c1. The van der Waals surface area contributed by atoms with E-state index in [1.165, 1.54) is 0 Å². The van der Waals surface area contributed by atoms with Gasteiger partial charge in [-0.15, -0.1) is 0 Å². The standard InChI is InChI=1S/C21H22N2O4/c1-14-8-9-15(2)18(11-14)22-19(24)13-27-21(26)16-5-3-6-17(12-16)23-10-4-7-20(23)25/h3,5-6,8-9,11-12H,4,7,10,13H2,1-2H3,(H,22,24). The van der Waals surface area contributed by atoms with Gasteiger partial charge < -0.3 is 15.0 Å². The van der Waals surface area contributed by atoms with Crippen molar-refractivity contribution >= 4 is 29.2 Å². The van der Waals surface area contributed by atoms with Crippen LogP contribution in [0, 0.1) is 13.8 Å². The number of anilines is 2. The minimum atomic E-state index is -0.598. The first-order valence-electron chi connectivity index (χ1n) is 8.89. The zero-order valence-corrected chi connectivity index (χ0v) is 15.5. The van der Waals surface area contributed by atoms with Crippen molar-refractivity contribution in [2.75, 3.05) is 23.4 Å². The molecule has 2 amide bonds. The highest BCUT2D eigenvalue weighted by Crippen LogP contribution is 2.22. The molecule has 0 unspecified atom stereocenters. The van der Waals surface area contributed by atoms with Crippen LogP contribution in [-0.2, 0) is 14.3 Å². The summed E-state index contributed by atoms with van der Waals surface area (Å²) in [6.45, 7) is 4.11. The lowest BCUT2D eigenvalue weighted by molar-refractivity contribution is -0.119. The summed E-state index contributed by atoms with van der Waals surface area (Å²) in [6, 6.07) is 12.5. The van der Waals surface area contributed by atoms with Crippen LogP contribution in [-0.4, -0.2) is 30.9 Å². The summed E-state index contributed by atoms with van der Waals surface area (Å²) in [5, 5.41) is 2.75. The van der Waals surface area contributed by atoms with E-state index in [1.54, 1.807) is 29.2 Å². The Labute approximate surface area is 158 Å². The van der Waals surface area contributed by atoms with E-state index in [-0.39, 0.29) is 12.5 Å².